The summed E-state index contributed by atoms with van der Waals surface area (Å²) >= 11 is 1.65. The minimum atomic E-state index is -0.180. The number of ether oxygens (including phenoxy) is 2. The molecule has 0 spiro atoms. The van der Waals surface area contributed by atoms with E-state index in [0.717, 1.165) is 22.8 Å². The summed E-state index contributed by atoms with van der Waals surface area (Å²) in [5.74, 6) is 2.16. The van der Waals surface area contributed by atoms with E-state index in [9.17, 15) is 4.79 Å². The molecule has 5 heteroatoms. The highest BCUT2D eigenvalue weighted by Crippen LogP contribution is 2.19. The van der Waals surface area contributed by atoms with E-state index in [0.29, 0.717) is 6.42 Å². The lowest BCUT2D eigenvalue weighted by Gasteiger charge is -2.12. The molecule has 0 amide bonds. The zero-order valence-electron chi connectivity index (χ0n) is 10.7. The summed E-state index contributed by atoms with van der Waals surface area (Å²) in [5, 5.41) is 0. The number of hydrogen-bond acceptors (Lipinski definition) is 5. The molecule has 0 aromatic heterocycles. The van der Waals surface area contributed by atoms with Crippen LogP contribution in [0.2, 0.25) is 0 Å². The van der Waals surface area contributed by atoms with Gasteiger partial charge < -0.3 is 15.2 Å². The van der Waals surface area contributed by atoms with Crippen LogP contribution in [0.4, 0.5) is 0 Å². The monoisotopic (exact) mass is 269 g/mol. The molecular weight excluding hydrogens is 250 g/mol. The molecule has 0 aliphatic heterocycles. The molecule has 1 unspecified atom stereocenters. The van der Waals surface area contributed by atoms with E-state index in [1.807, 2.05) is 24.3 Å². The zero-order valence-corrected chi connectivity index (χ0v) is 11.5. The number of nitrogens with two attached hydrogens (primary N) is 1. The molecule has 0 aliphatic carbocycles. The predicted octanol–water partition coefficient (Wildman–Crippen LogP) is 1.99. The van der Waals surface area contributed by atoms with E-state index in [1.54, 1.807) is 18.9 Å². The van der Waals surface area contributed by atoms with Crippen molar-refractivity contribution >= 4 is 17.7 Å². The smallest absolute Gasteiger partial charge is 0.306 e. The van der Waals surface area contributed by atoms with Crippen LogP contribution in [-0.2, 0) is 9.53 Å². The summed E-state index contributed by atoms with van der Waals surface area (Å²) in [5.41, 5.74) is 7.13. The van der Waals surface area contributed by atoms with Crippen molar-refractivity contribution in [2.24, 2.45) is 5.73 Å². The molecule has 100 valence electrons. The standard InChI is InChI=1S/C13H19NO3S/c1-16-11-5-3-10(4-6-11)12(14)9-18-8-7-13(15)17-2/h3-6,12H,7-9,14H2,1-2H3. The van der Waals surface area contributed by atoms with E-state index in [-0.39, 0.29) is 12.0 Å². The van der Waals surface area contributed by atoms with Gasteiger partial charge in [0.25, 0.3) is 0 Å². The second-order valence-electron chi connectivity index (χ2n) is 3.78. The van der Waals surface area contributed by atoms with Crippen molar-refractivity contribution in [2.75, 3.05) is 25.7 Å². The fraction of sp³-hybridized carbons (Fsp3) is 0.462. The first kappa shape index (κ1) is 14.9. The number of methoxy groups -OCH3 is 2. The molecule has 1 aromatic rings. The van der Waals surface area contributed by atoms with E-state index in [1.165, 1.54) is 7.11 Å². The van der Waals surface area contributed by atoms with E-state index < -0.39 is 0 Å². The molecule has 1 aromatic carbocycles. The Morgan fingerprint density at radius 3 is 2.56 bits per heavy atom. The minimum Gasteiger partial charge on any atom is -0.497 e. The van der Waals surface area contributed by atoms with Crippen molar-refractivity contribution in [3.8, 4) is 5.75 Å². The van der Waals surface area contributed by atoms with E-state index in [2.05, 4.69) is 4.74 Å². The maximum absolute atomic E-state index is 10.9. The van der Waals surface area contributed by atoms with Crippen LogP contribution < -0.4 is 10.5 Å². The second-order valence-corrected chi connectivity index (χ2v) is 4.93. The normalized spacial score (nSPS) is 11.9. The van der Waals surface area contributed by atoms with Gasteiger partial charge in [-0.15, -0.1) is 0 Å². The highest BCUT2D eigenvalue weighted by atomic mass is 32.2. The third-order valence-electron chi connectivity index (χ3n) is 2.52. The first-order chi connectivity index (χ1) is 8.67. The Bertz CT molecular complexity index is 367. The Labute approximate surface area is 112 Å². The number of carbonyl (C=O) groups is 1. The molecule has 0 fully saturated rings. The Morgan fingerprint density at radius 1 is 1.33 bits per heavy atom. The third kappa shape index (κ3) is 4.98. The summed E-state index contributed by atoms with van der Waals surface area (Å²) in [7, 11) is 3.04. The van der Waals surface area contributed by atoms with Gasteiger partial charge in [-0.25, -0.2) is 0 Å². The van der Waals surface area contributed by atoms with Gasteiger partial charge in [0.1, 0.15) is 5.75 Å². The average Bonchev–Trinajstić information content (AvgIpc) is 2.43. The van der Waals surface area contributed by atoms with Crippen LogP contribution in [0, 0.1) is 0 Å². The SMILES string of the molecule is COC(=O)CCSCC(N)c1ccc(OC)cc1. The number of benzene rings is 1. The molecule has 0 saturated heterocycles. The number of carbonyl (C=O) groups excluding carboxylic acids is 1. The Hall–Kier alpha value is -1.20. The van der Waals surface area contributed by atoms with Crippen molar-refractivity contribution in [2.45, 2.75) is 12.5 Å². The van der Waals surface area contributed by atoms with E-state index >= 15 is 0 Å². The number of hydrogen-bond donors (Lipinski definition) is 1. The molecule has 4 nitrogen and oxygen atoms in total. The number of esters is 1. The predicted molar refractivity (Wildman–Crippen MR) is 73.9 cm³/mol. The average molecular weight is 269 g/mol. The van der Waals surface area contributed by atoms with Crippen LogP contribution in [0.5, 0.6) is 5.75 Å². The molecular formula is C13H19NO3S. The summed E-state index contributed by atoms with van der Waals surface area (Å²) in [4.78, 5) is 10.9. The van der Waals surface area contributed by atoms with Crippen LogP contribution in [-0.4, -0.2) is 31.7 Å². The first-order valence-corrected chi connectivity index (χ1v) is 6.87. The maximum Gasteiger partial charge on any atom is 0.306 e. The quantitative estimate of drug-likeness (QED) is 0.606. The van der Waals surface area contributed by atoms with Gasteiger partial charge in [0.2, 0.25) is 0 Å². The Kier molecular flexibility index (Phi) is 6.60. The van der Waals surface area contributed by atoms with Gasteiger partial charge in [0, 0.05) is 17.5 Å². The molecule has 0 aliphatic rings. The molecule has 0 radical (unpaired) electrons. The number of rotatable bonds is 7. The molecule has 1 atom stereocenters. The van der Waals surface area contributed by atoms with Crippen molar-refractivity contribution in [1.29, 1.82) is 0 Å². The zero-order chi connectivity index (χ0) is 13.4. The second kappa shape index (κ2) is 8.00. The topological polar surface area (TPSA) is 61.5 Å². The molecule has 1 rings (SSSR count). The molecule has 0 heterocycles. The van der Waals surface area contributed by atoms with Gasteiger partial charge in [0.05, 0.1) is 20.6 Å². The third-order valence-corrected chi connectivity index (χ3v) is 3.61. The van der Waals surface area contributed by atoms with Gasteiger partial charge in [-0.3, -0.25) is 4.79 Å². The van der Waals surface area contributed by atoms with Gasteiger partial charge in [-0.1, -0.05) is 12.1 Å². The van der Waals surface area contributed by atoms with Crippen LogP contribution in [0.1, 0.15) is 18.0 Å². The summed E-state index contributed by atoms with van der Waals surface area (Å²) in [6.07, 6.45) is 0.427. The Balaban J connectivity index is 2.31. The van der Waals surface area contributed by atoms with Crippen LogP contribution in [0.3, 0.4) is 0 Å². The molecule has 0 saturated carbocycles. The van der Waals surface area contributed by atoms with Crippen molar-refractivity contribution in [1.82, 2.24) is 0 Å². The largest absolute Gasteiger partial charge is 0.497 e. The van der Waals surface area contributed by atoms with Crippen LogP contribution in [0.25, 0.3) is 0 Å². The molecule has 0 bridgehead atoms. The Morgan fingerprint density at radius 2 is 2.00 bits per heavy atom. The van der Waals surface area contributed by atoms with Crippen molar-refractivity contribution in [3.05, 3.63) is 29.8 Å². The van der Waals surface area contributed by atoms with Crippen LogP contribution >= 0.6 is 11.8 Å². The lowest BCUT2D eigenvalue weighted by molar-refractivity contribution is -0.140. The molecule has 2 N–H and O–H groups in total. The summed E-state index contributed by atoms with van der Waals surface area (Å²) in [6, 6.07) is 7.69. The van der Waals surface area contributed by atoms with Gasteiger partial charge in [-0.2, -0.15) is 11.8 Å². The van der Waals surface area contributed by atoms with Gasteiger partial charge in [0.15, 0.2) is 0 Å². The maximum atomic E-state index is 10.9. The lowest BCUT2D eigenvalue weighted by atomic mass is 10.1. The van der Waals surface area contributed by atoms with Gasteiger partial charge in [-0.05, 0) is 17.7 Å². The highest BCUT2D eigenvalue weighted by molar-refractivity contribution is 7.99. The first-order valence-electron chi connectivity index (χ1n) is 5.71. The number of thioether (sulfide) groups is 1. The van der Waals surface area contributed by atoms with Gasteiger partial charge >= 0.3 is 5.97 Å². The van der Waals surface area contributed by atoms with E-state index in [4.69, 9.17) is 10.5 Å². The highest BCUT2D eigenvalue weighted by Gasteiger charge is 2.07. The molecule has 18 heavy (non-hydrogen) atoms. The van der Waals surface area contributed by atoms with Crippen LogP contribution in [0.15, 0.2) is 24.3 Å². The van der Waals surface area contributed by atoms with Crippen molar-refractivity contribution < 1.29 is 14.3 Å². The summed E-state index contributed by atoms with van der Waals surface area (Å²) < 4.78 is 9.66. The van der Waals surface area contributed by atoms with Crippen molar-refractivity contribution in [3.63, 3.8) is 0 Å². The fourth-order valence-corrected chi connectivity index (χ4v) is 2.34. The minimum absolute atomic E-state index is 0.0291. The fourth-order valence-electron chi connectivity index (χ4n) is 1.42. The lowest BCUT2D eigenvalue weighted by Crippen LogP contribution is -2.13. The summed E-state index contributed by atoms with van der Waals surface area (Å²) in [6.45, 7) is 0.